The smallest absolute Gasteiger partial charge is 0.397 e. The standard InChI is InChI=1S/C43H27N7O2/c1-24-23-25(2)50-43-37-34(49(24)50)20-18-30(41-44-45-42(52-41)47-31-14-6-3-11-26(31)27-12-4-7-15-32(27)47)40(37)51-35-21-19-29-28-13-5-8-16-33(28)48(39(29)38(35)43)36-17-9-10-22-46(36)43/h3-23H,1-2H3/q+2. The molecule has 5 aromatic carbocycles. The fourth-order valence-electron chi connectivity index (χ4n) is 9.72. The van der Waals surface area contributed by atoms with Crippen LogP contribution in [-0.4, -0.2) is 24.0 Å². The summed E-state index contributed by atoms with van der Waals surface area (Å²) in [4.78, 5) is 0. The van der Waals surface area contributed by atoms with Gasteiger partial charge in [-0.1, -0.05) is 64.4 Å². The molecule has 1 atom stereocenters. The third-order valence-electron chi connectivity index (χ3n) is 11.5. The maximum Gasteiger partial charge on any atom is 0.397 e. The molecule has 0 aliphatic carbocycles. The summed E-state index contributed by atoms with van der Waals surface area (Å²) in [6.07, 6.45) is 2.21. The van der Waals surface area contributed by atoms with E-state index in [0.717, 1.165) is 78.2 Å². The summed E-state index contributed by atoms with van der Waals surface area (Å²) in [5, 5.41) is 14.0. The lowest BCUT2D eigenvalue weighted by atomic mass is 9.83. The number of aromatic nitrogens is 7. The average Bonchev–Trinajstić information content (AvgIpc) is 3.99. The first-order valence-corrected chi connectivity index (χ1v) is 17.5. The zero-order valence-electron chi connectivity index (χ0n) is 28.1. The van der Waals surface area contributed by atoms with Crippen molar-refractivity contribution in [3.05, 3.63) is 150 Å². The van der Waals surface area contributed by atoms with Gasteiger partial charge in [-0.05, 0) is 61.5 Å². The first-order chi connectivity index (χ1) is 25.6. The van der Waals surface area contributed by atoms with E-state index in [-0.39, 0.29) is 0 Å². The Hall–Kier alpha value is -7.00. The molecule has 0 saturated carbocycles. The molecule has 0 fully saturated rings. The molecule has 0 amide bonds. The van der Waals surface area contributed by atoms with Gasteiger partial charge in [-0.15, -0.1) is 9.78 Å². The highest BCUT2D eigenvalue weighted by molar-refractivity contribution is 6.12. The fourth-order valence-corrected chi connectivity index (χ4v) is 9.72. The molecule has 0 bridgehead atoms. The van der Waals surface area contributed by atoms with Crippen LogP contribution in [0, 0.1) is 13.8 Å². The number of nitrogens with zero attached hydrogens (tertiary/aromatic N) is 7. The van der Waals surface area contributed by atoms with Crippen molar-refractivity contribution in [1.82, 2.24) is 24.0 Å². The van der Waals surface area contributed by atoms with Crippen molar-refractivity contribution in [2.24, 2.45) is 0 Å². The van der Waals surface area contributed by atoms with Gasteiger partial charge >= 0.3 is 11.7 Å². The topological polar surface area (TPSA) is 70.7 Å². The number of pyridine rings is 1. The number of rotatable bonds is 2. The van der Waals surface area contributed by atoms with E-state index in [1.807, 2.05) is 12.1 Å². The van der Waals surface area contributed by atoms with Crippen molar-refractivity contribution in [2.45, 2.75) is 19.5 Å². The van der Waals surface area contributed by atoms with Crippen molar-refractivity contribution in [3.63, 3.8) is 0 Å². The first-order valence-electron chi connectivity index (χ1n) is 17.5. The van der Waals surface area contributed by atoms with Gasteiger partial charge in [-0.25, -0.2) is 0 Å². The molecule has 244 valence electrons. The minimum atomic E-state index is -0.803. The van der Waals surface area contributed by atoms with Crippen molar-refractivity contribution in [3.8, 4) is 40.5 Å². The zero-order chi connectivity index (χ0) is 34.0. The van der Waals surface area contributed by atoms with Crippen LogP contribution in [-0.2, 0) is 5.66 Å². The third-order valence-corrected chi connectivity index (χ3v) is 11.5. The van der Waals surface area contributed by atoms with Crippen molar-refractivity contribution in [1.29, 1.82) is 0 Å². The Labute approximate surface area is 295 Å². The van der Waals surface area contributed by atoms with Gasteiger partial charge in [0, 0.05) is 40.6 Å². The Bertz CT molecular complexity index is 3220. The molecule has 52 heavy (non-hydrogen) atoms. The molecule has 1 spiro atoms. The van der Waals surface area contributed by atoms with Gasteiger partial charge in [0.25, 0.3) is 11.7 Å². The predicted octanol–water partition coefficient (Wildman–Crippen LogP) is 7.94. The zero-order valence-corrected chi connectivity index (χ0v) is 28.1. The molecule has 9 nitrogen and oxygen atoms in total. The molecule has 3 aliphatic rings. The quantitative estimate of drug-likeness (QED) is 0.175. The summed E-state index contributed by atoms with van der Waals surface area (Å²) in [6, 6.07) is 43.0. The molecular formula is C43H27N7O2+2. The number of aryl methyl sites for hydroxylation is 2. The van der Waals surface area contributed by atoms with Gasteiger partial charge in [0.05, 0.1) is 28.5 Å². The largest absolute Gasteiger partial charge is 0.455 e. The van der Waals surface area contributed by atoms with Crippen LogP contribution in [0.2, 0.25) is 0 Å². The second kappa shape index (κ2) is 8.83. The van der Waals surface area contributed by atoms with Gasteiger partial charge in [0.1, 0.15) is 17.0 Å². The van der Waals surface area contributed by atoms with Gasteiger partial charge in [-0.3, -0.25) is 4.57 Å². The Balaban J connectivity index is 1.14. The molecule has 1 unspecified atom stereocenters. The van der Waals surface area contributed by atoms with E-state index < -0.39 is 5.66 Å². The van der Waals surface area contributed by atoms with E-state index in [1.165, 1.54) is 10.8 Å². The minimum absolute atomic E-state index is 0.396. The lowest BCUT2D eigenvalue weighted by molar-refractivity contribution is -0.995. The highest BCUT2D eigenvalue weighted by Crippen LogP contribution is 2.57. The summed E-state index contributed by atoms with van der Waals surface area (Å²) in [7, 11) is 0. The number of ether oxygens (including phenoxy) is 1. The average molecular weight is 674 g/mol. The summed E-state index contributed by atoms with van der Waals surface area (Å²) in [5.41, 5.74) is 9.76. The molecule has 3 aliphatic heterocycles. The van der Waals surface area contributed by atoms with Crippen molar-refractivity contribution in [2.75, 3.05) is 0 Å². The Morgan fingerprint density at radius 3 is 2.12 bits per heavy atom. The minimum Gasteiger partial charge on any atom is -0.455 e. The van der Waals surface area contributed by atoms with Crippen LogP contribution in [0.1, 0.15) is 22.5 Å². The van der Waals surface area contributed by atoms with Crippen LogP contribution < -0.4 is 14.0 Å². The van der Waals surface area contributed by atoms with Crippen LogP contribution in [0.4, 0.5) is 0 Å². The highest BCUT2D eigenvalue weighted by Gasteiger charge is 2.69. The van der Waals surface area contributed by atoms with Gasteiger partial charge in [0.2, 0.25) is 5.69 Å². The van der Waals surface area contributed by atoms with Crippen LogP contribution in [0.5, 0.6) is 11.5 Å². The monoisotopic (exact) mass is 673 g/mol. The molecule has 8 heterocycles. The van der Waals surface area contributed by atoms with Crippen LogP contribution in [0.25, 0.3) is 72.6 Å². The molecule has 0 saturated heterocycles. The van der Waals surface area contributed by atoms with Gasteiger partial charge in [-0.2, -0.15) is 9.13 Å². The predicted molar refractivity (Wildman–Crippen MR) is 196 cm³/mol. The number of benzene rings is 5. The SMILES string of the molecule is Cc1cc(C)[n+]2n1-c1ccc(-c3nnc(-n4c5ccccc5c5ccccc54)o3)c3c1C21c2c(ccc4c5ccccc5n(c24)-c2cccc[n+]21)O3. The number of fused-ring (bicyclic) bond motifs is 10. The number of para-hydroxylation sites is 3. The summed E-state index contributed by atoms with van der Waals surface area (Å²) in [6.45, 7) is 4.37. The molecule has 0 radical (unpaired) electrons. The van der Waals surface area contributed by atoms with E-state index >= 15 is 0 Å². The van der Waals surface area contributed by atoms with E-state index in [4.69, 9.17) is 14.3 Å². The van der Waals surface area contributed by atoms with Crippen LogP contribution >= 0.6 is 0 Å². The Morgan fingerprint density at radius 1 is 0.654 bits per heavy atom. The summed E-state index contributed by atoms with van der Waals surface area (Å²) < 4.78 is 25.5. The van der Waals surface area contributed by atoms with Crippen LogP contribution in [0.15, 0.2) is 132 Å². The third kappa shape index (κ3) is 2.82. The van der Waals surface area contributed by atoms with Crippen LogP contribution in [0.3, 0.4) is 0 Å². The second-order valence-corrected chi connectivity index (χ2v) is 14.0. The van der Waals surface area contributed by atoms with E-state index in [0.29, 0.717) is 17.7 Å². The van der Waals surface area contributed by atoms with Crippen molar-refractivity contribution >= 4 is 43.6 Å². The maximum atomic E-state index is 7.16. The fraction of sp³-hybridized carbons (Fsp3) is 0.0698. The highest BCUT2D eigenvalue weighted by atomic mass is 16.5. The molecule has 10 aromatic rings. The van der Waals surface area contributed by atoms with Crippen molar-refractivity contribution < 1.29 is 18.4 Å². The number of hydrogen-bond acceptors (Lipinski definition) is 4. The first kappa shape index (κ1) is 26.8. The van der Waals surface area contributed by atoms with E-state index in [1.54, 1.807) is 0 Å². The molecule has 5 aromatic heterocycles. The maximum absolute atomic E-state index is 7.16. The summed E-state index contributed by atoms with van der Waals surface area (Å²) in [5.74, 6) is 2.98. The Morgan fingerprint density at radius 2 is 1.35 bits per heavy atom. The lowest BCUT2D eigenvalue weighted by Crippen LogP contribution is -2.77. The lowest BCUT2D eigenvalue weighted by Gasteiger charge is -2.33. The Kier molecular flexibility index (Phi) is 4.55. The van der Waals surface area contributed by atoms with E-state index in [2.05, 4.69) is 157 Å². The second-order valence-electron chi connectivity index (χ2n) is 14.0. The molecule has 13 rings (SSSR count). The number of hydrogen-bond donors (Lipinski definition) is 0. The summed E-state index contributed by atoms with van der Waals surface area (Å²) >= 11 is 0. The normalized spacial score (nSPS) is 16.1. The van der Waals surface area contributed by atoms with Gasteiger partial charge < -0.3 is 9.15 Å². The molecular weight excluding hydrogens is 647 g/mol. The molecule has 0 N–H and O–H groups in total. The molecule has 9 heteroatoms. The van der Waals surface area contributed by atoms with E-state index in [9.17, 15) is 0 Å². The van der Waals surface area contributed by atoms with Gasteiger partial charge in [0.15, 0.2) is 22.4 Å².